The van der Waals surface area contributed by atoms with Gasteiger partial charge in [-0.05, 0) is 19.1 Å². The zero-order valence-corrected chi connectivity index (χ0v) is 13.5. The van der Waals surface area contributed by atoms with Crippen molar-refractivity contribution in [2.45, 2.75) is 26.7 Å². The Bertz CT molecular complexity index is 782. The lowest BCUT2D eigenvalue weighted by molar-refractivity contribution is 0.328. The zero-order chi connectivity index (χ0) is 16.2. The Hall–Kier alpha value is -2.69. The Morgan fingerprint density at radius 1 is 1.04 bits per heavy atom. The predicted octanol–water partition coefficient (Wildman–Crippen LogP) is 4.32. The largest absolute Gasteiger partial charge is 0.477 e. The Kier molecular flexibility index (Phi) is 4.37. The van der Waals surface area contributed by atoms with Crippen molar-refractivity contribution in [1.29, 1.82) is 0 Å². The maximum absolute atomic E-state index is 5.69. The second kappa shape index (κ2) is 6.60. The number of pyridine rings is 1. The molecule has 0 aliphatic rings. The normalized spacial score (nSPS) is 11.0. The lowest BCUT2D eigenvalue weighted by Gasteiger charge is -2.09. The van der Waals surface area contributed by atoms with E-state index in [9.17, 15) is 0 Å². The number of aromatic nitrogens is 3. The van der Waals surface area contributed by atoms with E-state index >= 15 is 0 Å². The Morgan fingerprint density at radius 2 is 1.83 bits per heavy atom. The first-order valence-corrected chi connectivity index (χ1v) is 7.72. The van der Waals surface area contributed by atoms with Crippen molar-refractivity contribution in [2.75, 3.05) is 6.61 Å². The third kappa shape index (κ3) is 3.23. The first-order valence-electron chi connectivity index (χ1n) is 7.72. The van der Waals surface area contributed by atoms with E-state index in [4.69, 9.17) is 9.26 Å². The minimum atomic E-state index is 0.184. The minimum Gasteiger partial charge on any atom is -0.477 e. The molecule has 3 aromatic rings. The summed E-state index contributed by atoms with van der Waals surface area (Å²) in [6.07, 6.45) is 0. The lowest BCUT2D eigenvalue weighted by Crippen LogP contribution is -1.99. The van der Waals surface area contributed by atoms with Crippen molar-refractivity contribution < 1.29 is 9.26 Å². The summed E-state index contributed by atoms with van der Waals surface area (Å²) in [6.45, 7) is 6.47. The summed E-state index contributed by atoms with van der Waals surface area (Å²) in [5, 5.41) is 4.05. The van der Waals surface area contributed by atoms with Gasteiger partial charge in [-0.1, -0.05) is 49.3 Å². The van der Waals surface area contributed by atoms with Gasteiger partial charge in [0.05, 0.1) is 17.9 Å². The molecule has 0 amide bonds. The van der Waals surface area contributed by atoms with Gasteiger partial charge in [-0.3, -0.25) is 0 Å². The van der Waals surface area contributed by atoms with Crippen LogP contribution in [0.5, 0.6) is 5.88 Å². The van der Waals surface area contributed by atoms with Crippen molar-refractivity contribution in [3.63, 3.8) is 0 Å². The molecule has 23 heavy (non-hydrogen) atoms. The van der Waals surface area contributed by atoms with Gasteiger partial charge in [-0.15, -0.1) is 0 Å². The third-order valence-corrected chi connectivity index (χ3v) is 3.39. The second-order valence-electron chi connectivity index (χ2n) is 5.46. The lowest BCUT2D eigenvalue weighted by atomic mass is 10.1. The number of ether oxygens (including phenoxy) is 1. The van der Waals surface area contributed by atoms with E-state index in [0.717, 1.165) is 16.8 Å². The fourth-order valence-electron chi connectivity index (χ4n) is 2.21. The Morgan fingerprint density at radius 3 is 2.48 bits per heavy atom. The highest BCUT2D eigenvalue weighted by atomic mass is 16.5. The Labute approximate surface area is 135 Å². The maximum Gasteiger partial charge on any atom is 0.229 e. The van der Waals surface area contributed by atoms with Gasteiger partial charge in [0.15, 0.2) is 0 Å². The van der Waals surface area contributed by atoms with Gasteiger partial charge in [0.25, 0.3) is 0 Å². The van der Waals surface area contributed by atoms with E-state index in [1.807, 2.05) is 63.2 Å². The second-order valence-corrected chi connectivity index (χ2v) is 5.46. The van der Waals surface area contributed by atoms with E-state index in [2.05, 4.69) is 15.1 Å². The van der Waals surface area contributed by atoms with Crippen LogP contribution in [0.4, 0.5) is 0 Å². The van der Waals surface area contributed by atoms with Crippen LogP contribution in [0.1, 0.15) is 32.6 Å². The maximum atomic E-state index is 5.69. The standard InChI is InChI=1S/C18H19N3O2/c1-4-22-18-14(16-20-17(12(2)3)23-21-16)10-11-15(19-18)13-8-6-5-7-9-13/h5-12H,4H2,1-3H3. The predicted molar refractivity (Wildman–Crippen MR) is 88.2 cm³/mol. The molecular weight excluding hydrogens is 290 g/mol. The molecule has 2 heterocycles. The molecule has 0 bridgehead atoms. The number of hydrogen-bond donors (Lipinski definition) is 0. The average molecular weight is 309 g/mol. The summed E-state index contributed by atoms with van der Waals surface area (Å²) in [5.41, 5.74) is 2.63. The van der Waals surface area contributed by atoms with Gasteiger partial charge in [0, 0.05) is 11.5 Å². The highest BCUT2D eigenvalue weighted by Gasteiger charge is 2.17. The summed E-state index contributed by atoms with van der Waals surface area (Å²) in [4.78, 5) is 9.05. The van der Waals surface area contributed by atoms with E-state index in [1.54, 1.807) is 0 Å². The zero-order valence-electron chi connectivity index (χ0n) is 13.5. The smallest absolute Gasteiger partial charge is 0.229 e. The van der Waals surface area contributed by atoms with Crippen LogP contribution in [-0.2, 0) is 0 Å². The van der Waals surface area contributed by atoms with Crippen molar-refractivity contribution >= 4 is 0 Å². The minimum absolute atomic E-state index is 0.184. The topological polar surface area (TPSA) is 61.0 Å². The molecule has 0 atom stereocenters. The van der Waals surface area contributed by atoms with Gasteiger partial charge in [-0.25, -0.2) is 4.98 Å². The molecule has 0 unspecified atom stereocenters. The molecule has 1 aromatic carbocycles. The summed E-state index contributed by atoms with van der Waals surface area (Å²) in [6, 6.07) is 13.9. The first-order chi connectivity index (χ1) is 11.2. The van der Waals surface area contributed by atoms with Crippen LogP contribution in [0, 0.1) is 0 Å². The fourth-order valence-corrected chi connectivity index (χ4v) is 2.21. The van der Waals surface area contributed by atoms with Gasteiger partial charge < -0.3 is 9.26 Å². The third-order valence-electron chi connectivity index (χ3n) is 3.39. The molecule has 0 N–H and O–H groups in total. The molecular formula is C18H19N3O2. The molecule has 0 saturated carbocycles. The molecule has 0 fully saturated rings. The quantitative estimate of drug-likeness (QED) is 0.702. The highest BCUT2D eigenvalue weighted by molar-refractivity contribution is 5.67. The monoisotopic (exact) mass is 309 g/mol. The van der Waals surface area contributed by atoms with Crippen LogP contribution < -0.4 is 4.74 Å². The molecule has 3 rings (SSSR count). The van der Waals surface area contributed by atoms with Crippen LogP contribution in [0.2, 0.25) is 0 Å². The molecule has 0 aliphatic carbocycles. The highest BCUT2D eigenvalue weighted by Crippen LogP contribution is 2.30. The fraction of sp³-hybridized carbons (Fsp3) is 0.278. The van der Waals surface area contributed by atoms with E-state index < -0.39 is 0 Å². The molecule has 118 valence electrons. The molecule has 0 saturated heterocycles. The SMILES string of the molecule is CCOc1nc(-c2ccccc2)ccc1-c1noc(C(C)C)n1. The number of benzene rings is 1. The van der Waals surface area contributed by atoms with Gasteiger partial charge in [0.2, 0.25) is 17.6 Å². The summed E-state index contributed by atoms with van der Waals surface area (Å²) in [7, 11) is 0. The van der Waals surface area contributed by atoms with E-state index in [0.29, 0.717) is 24.2 Å². The Balaban J connectivity index is 2.03. The summed E-state index contributed by atoms with van der Waals surface area (Å²) < 4.78 is 11.0. The molecule has 0 aliphatic heterocycles. The average Bonchev–Trinajstić information content (AvgIpc) is 3.06. The van der Waals surface area contributed by atoms with Crippen LogP contribution in [-0.4, -0.2) is 21.7 Å². The first kappa shape index (κ1) is 15.2. The summed E-state index contributed by atoms with van der Waals surface area (Å²) in [5.74, 6) is 1.81. The summed E-state index contributed by atoms with van der Waals surface area (Å²) >= 11 is 0. The van der Waals surface area contributed by atoms with Crippen LogP contribution >= 0.6 is 0 Å². The van der Waals surface area contributed by atoms with Gasteiger partial charge in [-0.2, -0.15) is 4.98 Å². The van der Waals surface area contributed by atoms with E-state index in [-0.39, 0.29) is 5.92 Å². The molecule has 0 spiro atoms. The van der Waals surface area contributed by atoms with Crippen molar-refractivity contribution in [3.05, 3.63) is 48.4 Å². The van der Waals surface area contributed by atoms with Gasteiger partial charge in [0.1, 0.15) is 0 Å². The number of rotatable bonds is 5. The van der Waals surface area contributed by atoms with Crippen LogP contribution in [0.3, 0.4) is 0 Å². The van der Waals surface area contributed by atoms with Crippen molar-refractivity contribution in [1.82, 2.24) is 15.1 Å². The van der Waals surface area contributed by atoms with E-state index in [1.165, 1.54) is 0 Å². The molecule has 5 heteroatoms. The molecule has 0 radical (unpaired) electrons. The van der Waals surface area contributed by atoms with Crippen molar-refractivity contribution in [3.8, 4) is 28.5 Å². The van der Waals surface area contributed by atoms with Gasteiger partial charge >= 0.3 is 0 Å². The van der Waals surface area contributed by atoms with Crippen molar-refractivity contribution in [2.24, 2.45) is 0 Å². The molecule has 2 aromatic heterocycles. The van der Waals surface area contributed by atoms with Crippen LogP contribution in [0.15, 0.2) is 47.0 Å². The molecule has 5 nitrogen and oxygen atoms in total. The van der Waals surface area contributed by atoms with Crippen LogP contribution in [0.25, 0.3) is 22.6 Å². The number of nitrogens with zero attached hydrogens (tertiary/aromatic N) is 3. The number of hydrogen-bond acceptors (Lipinski definition) is 5.